The van der Waals surface area contributed by atoms with Crippen LogP contribution in [0.25, 0.3) is 0 Å². The number of piperidine rings is 1. The lowest BCUT2D eigenvalue weighted by Gasteiger charge is -2.58. The van der Waals surface area contributed by atoms with Crippen LogP contribution in [0.5, 0.6) is 0 Å². The van der Waals surface area contributed by atoms with E-state index in [-0.39, 0.29) is 23.5 Å². The molecule has 2 unspecified atom stereocenters. The van der Waals surface area contributed by atoms with Gasteiger partial charge in [0, 0.05) is 12.0 Å². The van der Waals surface area contributed by atoms with E-state index in [2.05, 4.69) is 17.6 Å². The van der Waals surface area contributed by atoms with Crippen LogP contribution in [0.3, 0.4) is 0 Å². The lowest BCUT2D eigenvalue weighted by molar-refractivity contribution is -0.222. The van der Waals surface area contributed by atoms with E-state index >= 15 is 0 Å². The second-order valence-corrected chi connectivity index (χ2v) is 8.07. The zero-order valence-electron chi connectivity index (χ0n) is 15.3. The molecule has 1 aliphatic carbocycles. The molecule has 2 atom stereocenters. The molecule has 0 aromatic rings. The predicted octanol–water partition coefficient (Wildman–Crippen LogP) is 2.59. The van der Waals surface area contributed by atoms with E-state index in [4.69, 9.17) is 9.47 Å². The first kappa shape index (κ1) is 18.2. The maximum Gasteiger partial charge on any atom is 0.310 e. The molecule has 5 heteroatoms. The van der Waals surface area contributed by atoms with Crippen molar-refractivity contribution in [2.45, 2.75) is 83.6 Å². The van der Waals surface area contributed by atoms with Gasteiger partial charge in [-0.1, -0.05) is 33.1 Å². The fraction of sp³-hybridized carbons (Fsp3) is 0.947. The van der Waals surface area contributed by atoms with E-state index < -0.39 is 0 Å². The Morgan fingerprint density at radius 2 is 1.96 bits per heavy atom. The Hall–Kier alpha value is -0.650. The van der Waals surface area contributed by atoms with Gasteiger partial charge < -0.3 is 14.8 Å². The third kappa shape index (κ3) is 4.12. The lowest BCUT2D eigenvalue weighted by atomic mass is 9.61. The predicted molar refractivity (Wildman–Crippen MR) is 93.6 cm³/mol. The van der Waals surface area contributed by atoms with Crippen LogP contribution in [0.4, 0.5) is 0 Å². The van der Waals surface area contributed by atoms with E-state index in [0.29, 0.717) is 12.2 Å². The van der Waals surface area contributed by atoms with Gasteiger partial charge in [-0.2, -0.15) is 0 Å². The van der Waals surface area contributed by atoms with Crippen LogP contribution in [0, 0.1) is 11.3 Å². The van der Waals surface area contributed by atoms with Crippen molar-refractivity contribution in [3.63, 3.8) is 0 Å². The van der Waals surface area contributed by atoms with Crippen LogP contribution in [0.2, 0.25) is 0 Å². The molecule has 2 heterocycles. The zero-order valence-corrected chi connectivity index (χ0v) is 15.3. The molecule has 2 aliphatic heterocycles. The average molecular weight is 338 g/mol. The number of rotatable bonds is 8. The molecule has 0 aromatic heterocycles. The lowest BCUT2D eigenvalue weighted by Crippen LogP contribution is -2.70. The molecule has 0 radical (unpaired) electrons. The zero-order chi connectivity index (χ0) is 17.0. The van der Waals surface area contributed by atoms with Gasteiger partial charge in [0.05, 0.1) is 18.1 Å². The van der Waals surface area contributed by atoms with Gasteiger partial charge in [0.25, 0.3) is 0 Å². The topological polar surface area (TPSA) is 59.6 Å². The van der Waals surface area contributed by atoms with Gasteiger partial charge in [0.2, 0.25) is 0 Å². The van der Waals surface area contributed by atoms with Crippen molar-refractivity contribution in [2.24, 2.45) is 11.3 Å². The molecule has 0 amide bonds. The van der Waals surface area contributed by atoms with Gasteiger partial charge in [-0.05, 0) is 45.2 Å². The number of unbranched alkanes of at least 4 members (excludes halogenated alkanes) is 2. The molecule has 3 aliphatic rings. The molecule has 1 spiro atoms. The van der Waals surface area contributed by atoms with Crippen molar-refractivity contribution in [1.29, 1.82) is 0 Å². The van der Waals surface area contributed by atoms with E-state index in [1.165, 1.54) is 12.8 Å². The van der Waals surface area contributed by atoms with Crippen LogP contribution in [-0.4, -0.2) is 44.0 Å². The van der Waals surface area contributed by atoms with Crippen molar-refractivity contribution < 1.29 is 14.3 Å². The molecule has 3 fully saturated rings. The molecule has 2 N–H and O–H groups in total. The maximum absolute atomic E-state index is 12.3. The molecule has 2 saturated heterocycles. The first-order valence-electron chi connectivity index (χ1n) is 9.93. The second kappa shape index (κ2) is 8.15. The average Bonchev–Trinajstić information content (AvgIpc) is 2.55. The summed E-state index contributed by atoms with van der Waals surface area (Å²) in [5, 5.41) is 6.68. The van der Waals surface area contributed by atoms with Gasteiger partial charge in [-0.25, -0.2) is 0 Å². The van der Waals surface area contributed by atoms with Crippen molar-refractivity contribution >= 4 is 5.97 Å². The highest BCUT2D eigenvalue weighted by atomic mass is 16.6. The van der Waals surface area contributed by atoms with E-state index in [9.17, 15) is 4.79 Å². The Bertz CT molecular complexity index is 417. The van der Waals surface area contributed by atoms with Crippen LogP contribution < -0.4 is 10.6 Å². The van der Waals surface area contributed by atoms with E-state index in [0.717, 1.165) is 58.2 Å². The summed E-state index contributed by atoms with van der Waals surface area (Å²) in [6.07, 6.45) is 9.43. The van der Waals surface area contributed by atoms with Crippen LogP contribution >= 0.6 is 0 Å². The quantitative estimate of drug-likeness (QED) is 0.526. The van der Waals surface area contributed by atoms with Crippen molar-refractivity contribution in [1.82, 2.24) is 10.6 Å². The van der Waals surface area contributed by atoms with E-state index in [1.54, 1.807) is 0 Å². The molecule has 138 valence electrons. The molecular weight excluding hydrogens is 304 g/mol. The van der Waals surface area contributed by atoms with Gasteiger partial charge in [-0.15, -0.1) is 0 Å². The highest BCUT2D eigenvalue weighted by molar-refractivity contribution is 5.72. The summed E-state index contributed by atoms with van der Waals surface area (Å²) in [6.45, 7) is 7.28. The summed E-state index contributed by atoms with van der Waals surface area (Å²) in [5.74, 6) is -0.0248. The largest absolute Gasteiger partial charge is 0.446 e. The highest BCUT2D eigenvalue weighted by Crippen LogP contribution is 2.50. The van der Waals surface area contributed by atoms with Crippen LogP contribution in [-0.2, 0) is 14.3 Å². The molecule has 5 nitrogen and oxygen atoms in total. The third-order valence-corrected chi connectivity index (χ3v) is 6.01. The minimum absolute atomic E-state index is 0.0119. The number of nitrogens with one attached hydrogen (secondary N) is 2. The van der Waals surface area contributed by atoms with Crippen LogP contribution in [0.1, 0.15) is 65.2 Å². The number of carbonyl (C=O) groups excluding carboxylic acids is 1. The highest BCUT2D eigenvalue weighted by Gasteiger charge is 2.58. The standard InChI is InChI=1S/C19H34N2O3/c1-3-4-5-6-14(2)17(22)24-18-19(13-21-18)11-16(12-19)23-15-7-9-20-10-8-15/h14-16,18,20-21H,3-13H2,1-2H3. The Labute approximate surface area is 146 Å². The number of hydrogen-bond acceptors (Lipinski definition) is 5. The van der Waals surface area contributed by atoms with Crippen molar-refractivity contribution in [2.75, 3.05) is 19.6 Å². The smallest absolute Gasteiger partial charge is 0.310 e. The summed E-state index contributed by atoms with van der Waals surface area (Å²) < 4.78 is 12.0. The number of esters is 1. The monoisotopic (exact) mass is 338 g/mol. The summed E-state index contributed by atoms with van der Waals surface area (Å²) in [6, 6.07) is 0. The minimum Gasteiger partial charge on any atom is -0.446 e. The molecular formula is C19H34N2O3. The van der Waals surface area contributed by atoms with Gasteiger partial charge in [0.1, 0.15) is 0 Å². The van der Waals surface area contributed by atoms with Crippen molar-refractivity contribution in [3.05, 3.63) is 0 Å². The number of ether oxygens (including phenoxy) is 2. The van der Waals surface area contributed by atoms with Crippen molar-refractivity contribution in [3.8, 4) is 0 Å². The SMILES string of the molecule is CCCCCC(C)C(=O)OC1NCC12CC(OC1CCNCC1)C2. The summed E-state index contributed by atoms with van der Waals surface area (Å²) >= 11 is 0. The second-order valence-electron chi connectivity index (χ2n) is 8.07. The molecule has 0 aromatic carbocycles. The maximum atomic E-state index is 12.3. The minimum atomic E-state index is -0.0912. The van der Waals surface area contributed by atoms with Gasteiger partial charge >= 0.3 is 5.97 Å². The van der Waals surface area contributed by atoms with Crippen LogP contribution in [0.15, 0.2) is 0 Å². The third-order valence-electron chi connectivity index (χ3n) is 6.01. The Kier molecular flexibility index (Phi) is 6.17. The molecule has 24 heavy (non-hydrogen) atoms. The molecule has 0 bridgehead atoms. The molecule has 3 rings (SSSR count). The molecule has 1 saturated carbocycles. The van der Waals surface area contributed by atoms with Gasteiger partial charge in [0.15, 0.2) is 6.23 Å². The summed E-state index contributed by atoms with van der Waals surface area (Å²) in [7, 11) is 0. The Morgan fingerprint density at radius 1 is 1.21 bits per heavy atom. The Balaban J connectivity index is 1.37. The number of carbonyl (C=O) groups is 1. The Morgan fingerprint density at radius 3 is 2.58 bits per heavy atom. The normalized spacial score (nSPS) is 34.4. The number of hydrogen-bond donors (Lipinski definition) is 2. The first-order valence-corrected chi connectivity index (χ1v) is 9.93. The fourth-order valence-electron chi connectivity index (χ4n) is 4.20. The van der Waals surface area contributed by atoms with E-state index in [1.807, 2.05) is 6.92 Å². The first-order chi connectivity index (χ1) is 11.6. The summed E-state index contributed by atoms with van der Waals surface area (Å²) in [4.78, 5) is 12.3. The summed E-state index contributed by atoms with van der Waals surface area (Å²) in [5.41, 5.74) is 0.149. The fourth-order valence-corrected chi connectivity index (χ4v) is 4.20. The van der Waals surface area contributed by atoms with Gasteiger partial charge in [-0.3, -0.25) is 10.1 Å².